The third kappa shape index (κ3) is 9.05. The van der Waals surface area contributed by atoms with E-state index in [1.54, 1.807) is 37.8 Å². The zero-order valence-corrected chi connectivity index (χ0v) is 24.9. The van der Waals surface area contributed by atoms with Gasteiger partial charge < -0.3 is 18.8 Å². The number of halogens is 6. The lowest BCUT2D eigenvalue weighted by Crippen LogP contribution is -2.37. The molecule has 45 heavy (non-hydrogen) atoms. The molecule has 1 amide bonds. The summed E-state index contributed by atoms with van der Waals surface area (Å²) in [7, 11) is 0. The van der Waals surface area contributed by atoms with Gasteiger partial charge in [0.15, 0.2) is 0 Å². The highest BCUT2D eigenvalue weighted by Crippen LogP contribution is 2.40. The van der Waals surface area contributed by atoms with Crippen LogP contribution in [0.2, 0.25) is 0 Å². The first-order valence-corrected chi connectivity index (χ1v) is 14.1. The van der Waals surface area contributed by atoms with Gasteiger partial charge in [0.25, 0.3) is 0 Å². The molecule has 1 fully saturated rings. The summed E-state index contributed by atoms with van der Waals surface area (Å²) in [6.45, 7) is 9.59. The van der Waals surface area contributed by atoms with Gasteiger partial charge in [-0.05, 0) is 75.9 Å². The number of hydrogen-bond donors (Lipinski definition) is 1. The normalized spacial score (nSPS) is 15.8. The molecular weight excluding hydrogens is 604 g/mol. The number of aromatic nitrogens is 1. The summed E-state index contributed by atoms with van der Waals surface area (Å²) in [5, 5.41) is 2.61. The Hall–Kier alpha value is -4.42. The number of amides is 1. The Labute approximate surface area is 256 Å². The first kappa shape index (κ1) is 33.5. The molecule has 1 saturated heterocycles. The molecular formula is C32H33F6N3O4. The van der Waals surface area contributed by atoms with E-state index in [1.807, 2.05) is 0 Å². The molecule has 0 radical (unpaired) electrons. The average Bonchev–Trinajstić information content (AvgIpc) is 3.61. The molecule has 2 heterocycles. The van der Waals surface area contributed by atoms with Crippen LogP contribution in [0.4, 0.5) is 31.1 Å². The van der Waals surface area contributed by atoms with Gasteiger partial charge in [0.2, 0.25) is 5.89 Å². The molecule has 2 aromatic carbocycles. The van der Waals surface area contributed by atoms with Crippen molar-refractivity contribution in [3.05, 3.63) is 89.8 Å². The molecule has 1 aromatic heterocycles. The highest BCUT2D eigenvalue weighted by Gasteiger charge is 2.36. The van der Waals surface area contributed by atoms with Crippen LogP contribution in [0.15, 0.2) is 71.6 Å². The molecule has 1 aliphatic heterocycles. The maximum atomic E-state index is 14.0. The van der Waals surface area contributed by atoms with Crippen LogP contribution < -0.4 is 10.1 Å². The monoisotopic (exact) mass is 637 g/mol. The van der Waals surface area contributed by atoms with E-state index in [9.17, 15) is 31.1 Å². The lowest BCUT2D eigenvalue weighted by atomic mass is 10.1. The second-order valence-electron chi connectivity index (χ2n) is 11.4. The highest BCUT2D eigenvalue weighted by molar-refractivity contribution is 5.69. The second-order valence-corrected chi connectivity index (χ2v) is 11.4. The first-order valence-electron chi connectivity index (χ1n) is 14.1. The van der Waals surface area contributed by atoms with Gasteiger partial charge in [0.05, 0.1) is 17.7 Å². The van der Waals surface area contributed by atoms with Gasteiger partial charge in [-0.3, -0.25) is 5.32 Å². The number of carbonyl (C=O) groups is 1. The third-order valence-electron chi connectivity index (χ3n) is 6.72. The van der Waals surface area contributed by atoms with Crippen molar-refractivity contribution in [2.75, 3.05) is 13.2 Å². The molecule has 1 aliphatic rings. The second kappa shape index (κ2) is 13.3. The zero-order valence-electron chi connectivity index (χ0n) is 24.9. The minimum atomic E-state index is -4.72. The van der Waals surface area contributed by atoms with Gasteiger partial charge >= 0.3 is 18.4 Å². The number of rotatable bonds is 9. The minimum absolute atomic E-state index is 0.0909. The molecule has 1 atom stereocenters. The number of hydrogen-bond acceptors (Lipinski definition) is 6. The predicted molar refractivity (Wildman–Crippen MR) is 155 cm³/mol. The van der Waals surface area contributed by atoms with E-state index in [0.29, 0.717) is 24.4 Å². The molecule has 13 heteroatoms. The molecule has 0 saturated carbocycles. The molecule has 0 bridgehead atoms. The topological polar surface area (TPSA) is 76.8 Å². The lowest BCUT2D eigenvalue weighted by Gasteiger charge is -2.27. The summed E-state index contributed by atoms with van der Waals surface area (Å²) in [6, 6.07) is 7.71. The number of carbonyl (C=O) groups excluding carboxylic acids is 1. The maximum Gasteiger partial charge on any atom is 0.419 e. The Kier molecular flexibility index (Phi) is 9.89. The lowest BCUT2D eigenvalue weighted by molar-refractivity contribution is -0.139. The van der Waals surface area contributed by atoms with Crippen LogP contribution in [0.3, 0.4) is 0 Å². The minimum Gasteiger partial charge on any atom is -0.493 e. The van der Waals surface area contributed by atoms with Crippen LogP contribution in [-0.2, 0) is 17.1 Å². The Bertz CT molecular complexity index is 1520. The van der Waals surface area contributed by atoms with Gasteiger partial charge in [-0.1, -0.05) is 30.9 Å². The Balaban J connectivity index is 1.41. The molecule has 1 N–H and O–H groups in total. The largest absolute Gasteiger partial charge is 0.493 e. The number of likely N-dealkylation sites (tertiary alicyclic amines) is 1. The SMILES string of the molecule is C=C(NC(=O)OC(C)(C)C)N1CCC[C@H]1c1nc(-c2ccc(OCC/C=C/c3ccc(C(F)(F)F)cc3)c(C(F)(F)F)c2)co1. The van der Waals surface area contributed by atoms with E-state index >= 15 is 0 Å². The van der Waals surface area contributed by atoms with Crippen LogP contribution in [0.1, 0.15) is 68.7 Å². The van der Waals surface area contributed by atoms with Crippen molar-refractivity contribution in [1.82, 2.24) is 15.2 Å². The van der Waals surface area contributed by atoms with Crippen LogP contribution >= 0.6 is 0 Å². The van der Waals surface area contributed by atoms with Crippen molar-refractivity contribution in [3.63, 3.8) is 0 Å². The number of benzene rings is 2. The molecule has 0 spiro atoms. The van der Waals surface area contributed by atoms with Crippen molar-refractivity contribution in [1.29, 1.82) is 0 Å². The summed E-state index contributed by atoms with van der Waals surface area (Å²) in [6.07, 6.45) is -3.78. The average molecular weight is 638 g/mol. The molecule has 7 nitrogen and oxygen atoms in total. The van der Waals surface area contributed by atoms with Gasteiger partial charge in [0.1, 0.15) is 35.2 Å². The number of nitrogens with zero attached hydrogens (tertiary/aromatic N) is 2. The number of alkyl halides is 6. The van der Waals surface area contributed by atoms with E-state index < -0.39 is 35.2 Å². The Morgan fingerprint density at radius 1 is 1.09 bits per heavy atom. The van der Waals surface area contributed by atoms with E-state index in [4.69, 9.17) is 13.9 Å². The fourth-order valence-electron chi connectivity index (χ4n) is 4.69. The van der Waals surface area contributed by atoms with E-state index in [0.717, 1.165) is 24.6 Å². The van der Waals surface area contributed by atoms with Crippen LogP contribution in [0.25, 0.3) is 17.3 Å². The smallest absolute Gasteiger partial charge is 0.419 e. The Morgan fingerprint density at radius 2 is 1.80 bits per heavy atom. The van der Waals surface area contributed by atoms with Crippen molar-refractivity contribution in [2.24, 2.45) is 0 Å². The number of nitrogens with one attached hydrogen (secondary N) is 1. The van der Waals surface area contributed by atoms with Crippen molar-refractivity contribution in [3.8, 4) is 17.0 Å². The number of ether oxygens (including phenoxy) is 2. The molecule has 0 aliphatic carbocycles. The van der Waals surface area contributed by atoms with Gasteiger partial charge in [-0.2, -0.15) is 26.3 Å². The van der Waals surface area contributed by atoms with E-state index in [1.165, 1.54) is 30.5 Å². The Morgan fingerprint density at radius 3 is 2.44 bits per heavy atom. The van der Waals surface area contributed by atoms with Crippen LogP contribution in [0, 0.1) is 0 Å². The predicted octanol–water partition coefficient (Wildman–Crippen LogP) is 8.99. The fourth-order valence-corrected chi connectivity index (χ4v) is 4.69. The van der Waals surface area contributed by atoms with Crippen LogP contribution in [-0.4, -0.2) is 34.7 Å². The summed E-state index contributed by atoms with van der Waals surface area (Å²) >= 11 is 0. The number of alkyl carbamates (subject to hydrolysis) is 1. The molecule has 0 unspecified atom stereocenters. The summed E-state index contributed by atoms with van der Waals surface area (Å²) in [5.74, 6) is 0.189. The molecule has 242 valence electrons. The fraction of sp³-hybridized carbons (Fsp3) is 0.375. The van der Waals surface area contributed by atoms with Gasteiger partial charge in [0, 0.05) is 12.1 Å². The van der Waals surface area contributed by atoms with Crippen molar-refractivity contribution in [2.45, 2.75) is 64.0 Å². The van der Waals surface area contributed by atoms with Crippen molar-refractivity contribution < 1.29 is 45.0 Å². The maximum absolute atomic E-state index is 14.0. The van der Waals surface area contributed by atoms with E-state index in [2.05, 4.69) is 16.9 Å². The highest BCUT2D eigenvalue weighted by atomic mass is 19.4. The standard InChI is InChI=1S/C32H33F6N3O4/c1-20(39-29(42)45-30(2,3)4)41-16-7-9-26(41)28-40-25(19-44-28)22-12-15-27(24(18-22)32(36,37)38)43-17-6-5-8-21-10-13-23(14-11-21)31(33,34)35/h5,8,10-15,18-19,26H,1,6-7,9,16-17H2,2-4H3,(H,39,42)/b8-5+/t26-/m0/s1. The first-order chi connectivity index (χ1) is 21.0. The summed E-state index contributed by atoms with van der Waals surface area (Å²) in [5.41, 5.74) is -1.58. The zero-order chi connectivity index (χ0) is 33.0. The molecule has 4 rings (SSSR count). The van der Waals surface area contributed by atoms with Gasteiger partial charge in [-0.25, -0.2) is 9.78 Å². The van der Waals surface area contributed by atoms with E-state index in [-0.39, 0.29) is 42.0 Å². The summed E-state index contributed by atoms with van der Waals surface area (Å²) < 4.78 is 96.4. The van der Waals surface area contributed by atoms with Crippen molar-refractivity contribution >= 4 is 12.2 Å². The van der Waals surface area contributed by atoms with Gasteiger partial charge in [-0.15, -0.1) is 0 Å². The quantitative estimate of drug-likeness (QED) is 0.186. The third-order valence-corrected chi connectivity index (χ3v) is 6.72. The van der Waals surface area contributed by atoms with Crippen LogP contribution in [0.5, 0.6) is 5.75 Å². The number of oxazole rings is 1. The summed E-state index contributed by atoms with van der Waals surface area (Å²) in [4.78, 5) is 18.4. The molecule has 3 aromatic rings.